The van der Waals surface area contributed by atoms with Gasteiger partial charge in [0.25, 0.3) is 0 Å². The first kappa shape index (κ1) is 18.5. The van der Waals surface area contributed by atoms with Crippen LogP contribution in [-0.2, 0) is 4.79 Å². The van der Waals surface area contributed by atoms with E-state index >= 15 is 0 Å². The fourth-order valence-electron chi connectivity index (χ4n) is 2.55. The molecule has 0 radical (unpaired) electrons. The van der Waals surface area contributed by atoms with E-state index in [0.29, 0.717) is 5.69 Å². The number of carbonyl (C=O) groups excluding carboxylic acids is 2. The second-order valence-corrected chi connectivity index (χ2v) is 6.28. The molecule has 2 aromatic rings. The summed E-state index contributed by atoms with van der Waals surface area (Å²) in [6.07, 6.45) is 0. The Kier molecular flexibility index (Phi) is 6.17. The SMILES string of the molecule is CC(=O)Nc1cccc([C@@H](C)NC(=O)N[C@@H](C)c2ccc(C)cc2)c1. The van der Waals surface area contributed by atoms with Gasteiger partial charge in [0.15, 0.2) is 0 Å². The molecule has 0 saturated carbocycles. The molecule has 0 fully saturated rings. The topological polar surface area (TPSA) is 70.2 Å². The quantitative estimate of drug-likeness (QED) is 0.768. The third-order valence-corrected chi connectivity index (χ3v) is 3.98. The van der Waals surface area contributed by atoms with Crippen LogP contribution in [0.2, 0.25) is 0 Å². The van der Waals surface area contributed by atoms with Crippen molar-refractivity contribution in [2.75, 3.05) is 5.32 Å². The van der Waals surface area contributed by atoms with Gasteiger partial charge in [-0.1, -0.05) is 42.0 Å². The van der Waals surface area contributed by atoms with Crippen molar-refractivity contribution in [3.63, 3.8) is 0 Å². The Balaban J connectivity index is 1.95. The van der Waals surface area contributed by atoms with Crippen molar-refractivity contribution in [1.29, 1.82) is 0 Å². The fourth-order valence-corrected chi connectivity index (χ4v) is 2.55. The molecule has 2 atom stereocenters. The third-order valence-electron chi connectivity index (χ3n) is 3.98. The molecule has 132 valence electrons. The van der Waals surface area contributed by atoms with Crippen molar-refractivity contribution in [3.8, 4) is 0 Å². The summed E-state index contributed by atoms with van der Waals surface area (Å²) in [4.78, 5) is 23.4. The van der Waals surface area contributed by atoms with Crippen LogP contribution in [0.5, 0.6) is 0 Å². The summed E-state index contributed by atoms with van der Waals surface area (Å²) < 4.78 is 0. The number of aryl methyl sites for hydroxylation is 1. The molecule has 2 aromatic carbocycles. The Morgan fingerprint density at radius 1 is 0.880 bits per heavy atom. The summed E-state index contributed by atoms with van der Waals surface area (Å²) in [5, 5.41) is 8.61. The van der Waals surface area contributed by atoms with Crippen LogP contribution in [-0.4, -0.2) is 11.9 Å². The van der Waals surface area contributed by atoms with E-state index in [1.165, 1.54) is 12.5 Å². The summed E-state index contributed by atoms with van der Waals surface area (Å²) in [6.45, 7) is 7.36. The van der Waals surface area contributed by atoms with Crippen molar-refractivity contribution in [2.24, 2.45) is 0 Å². The lowest BCUT2D eigenvalue weighted by Gasteiger charge is -2.19. The first-order chi connectivity index (χ1) is 11.8. The van der Waals surface area contributed by atoms with Gasteiger partial charge in [-0.2, -0.15) is 0 Å². The highest BCUT2D eigenvalue weighted by Gasteiger charge is 2.13. The van der Waals surface area contributed by atoms with E-state index in [9.17, 15) is 9.59 Å². The van der Waals surface area contributed by atoms with Crippen molar-refractivity contribution in [1.82, 2.24) is 10.6 Å². The minimum atomic E-state index is -0.231. The zero-order valence-corrected chi connectivity index (χ0v) is 15.1. The van der Waals surface area contributed by atoms with Crippen LogP contribution in [0.3, 0.4) is 0 Å². The first-order valence-electron chi connectivity index (χ1n) is 8.36. The summed E-state index contributed by atoms with van der Waals surface area (Å²) >= 11 is 0. The van der Waals surface area contributed by atoms with E-state index in [1.54, 1.807) is 0 Å². The molecule has 0 aliphatic rings. The molecular weight excluding hydrogens is 314 g/mol. The molecule has 25 heavy (non-hydrogen) atoms. The number of urea groups is 1. The van der Waals surface area contributed by atoms with Gasteiger partial charge < -0.3 is 16.0 Å². The minimum Gasteiger partial charge on any atom is -0.332 e. The number of rotatable bonds is 5. The average Bonchev–Trinajstić information content (AvgIpc) is 2.54. The number of carbonyl (C=O) groups is 2. The third kappa shape index (κ3) is 5.64. The highest BCUT2D eigenvalue weighted by atomic mass is 16.2. The van der Waals surface area contributed by atoms with Crippen molar-refractivity contribution < 1.29 is 9.59 Å². The van der Waals surface area contributed by atoms with E-state index in [1.807, 2.05) is 69.3 Å². The maximum absolute atomic E-state index is 12.2. The zero-order valence-electron chi connectivity index (χ0n) is 15.1. The van der Waals surface area contributed by atoms with Gasteiger partial charge in [-0.3, -0.25) is 4.79 Å². The molecule has 3 amide bonds. The van der Waals surface area contributed by atoms with Gasteiger partial charge >= 0.3 is 6.03 Å². The fraction of sp³-hybridized carbons (Fsp3) is 0.300. The molecule has 0 aromatic heterocycles. The van der Waals surface area contributed by atoms with Crippen molar-refractivity contribution >= 4 is 17.6 Å². The number of hydrogen-bond donors (Lipinski definition) is 3. The predicted molar refractivity (Wildman–Crippen MR) is 100 cm³/mol. The normalized spacial score (nSPS) is 12.8. The monoisotopic (exact) mass is 339 g/mol. The van der Waals surface area contributed by atoms with Crippen LogP contribution in [0.25, 0.3) is 0 Å². The van der Waals surface area contributed by atoms with Gasteiger partial charge in [0.2, 0.25) is 5.91 Å². The van der Waals surface area contributed by atoms with Gasteiger partial charge in [-0.05, 0) is 44.0 Å². The van der Waals surface area contributed by atoms with Gasteiger partial charge in [0.05, 0.1) is 12.1 Å². The van der Waals surface area contributed by atoms with E-state index in [0.717, 1.165) is 11.1 Å². The van der Waals surface area contributed by atoms with Crippen LogP contribution in [0.15, 0.2) is 48.5 Å². The smallest absolute Gasteiger partial charge is 0.315 e. The molecule has 0 unspecified atom stereocenters. The number of amides is 3. The van der Waals surface area contributed by atoms with Gasteiger partial charge in [-0.25, -0.2) is 4.79 Å². The summed E-state index contributed by atoms with van der Waals surface area (Å²) in [7, 11) is 0. The minimum absolute atomic E-state index is 0.0847. The van der Waals surface area contributed by atoms with Crippen LogP contribution in [0.1, 0.15) is 49.5 Å². The largest absolute Gasteiger partial charge is 0.332 e. The molecule has 0 bridgehead atoms. The molecule has 0 spiro atoms. The Bertz CT molecular complexity index is 741. The Hall–Kier alpha value is -2.82. The standard InChI is InChI=1S/C20H25N3O2/c1-13-8-10-17(11-9-13)14(2)21-20(25)22-15(3)18-6-5-7-19(12-18)23-16(4)24/h5-12,14-15H,1-4H3,(H,23,24)(H2,21,22,25)/t14-,15+/m0/s1. The first-order valence-corrected chi connectivity index (χ1v) is 8.36. The lowest BCUT2D eigenvalue weighted by molar-refractivity contribution is -0.114. The molecule has 0 heterocycles. The van der Waals surface area contributed by atoms with Gasteiger partial charge in [-0.15, -0.1) is 0 Å². The van der Waals surface area contributed by atoms with Crippen molar-refractivity contribution in [2.45, 2.75) is 39.8 Å². The van der Waals surface area contributed by atoms with Gasteiger partial charge in [0.1, 0.15) is 0 Å². The summed E-state index contributed by atoms with van der Waals surface area (Å²) in [5.74, 6) is -0.123. The van der Waals surface area contributed by atoms with Crippen LogP contribution in [0.4, 0.5) is 10.5 Å². The second kappa shape index (κ2) is 8.33. The average molecular weight is 339 g/mol. The number of benzene rings is 2. The molecule has 0 aliphatic heterocycles. The highest BCUT2D eigenvalue weighted by molar-refractivity contribution is 5.88. The highest BCUT2D eigenvalue weighted by Crippen LogP contribution is 2.18. The summed E-state index contributed by atoms with van der Waals surface area (Å²) in [6, 6.07) is 15.0. The second-order valence-electron chi connectivity index (χ2n) is 6.28. The zero-order chi connectivity index (χ0) is 18.4. The number of anilines is 1. The Morgan fingerprint density at radius 3 is 2.08 bits per heavy atom. The number of hydrogen-bond acceptors (Lipinski definition) is 2. The molecule has 0 aliphatic carbocycles. The Labute approximate surface area is 148 Å². The molecule has 5 heteroatoms. The molecule has 0 saturated heterocycles. The maximum Gasteiger partial charge on any atom is 0.315 e. The van der Waals surface area contributed by atoms with Crippen LogP contribution >= 0.6 is 0 Å². The number of nitrogens with one attached hydrogen (secondary N) is 3. The van der Waals surface area contributed by atoms with Crippen LogP contribution < -0.4 is 16.0 Å². The van der Waals surface area contributed by atoms with Gasteiger partial charge in [0, 0.05) is 12.6 Å². The lowest BCUT2D eigenvalue weighted by atomic mass is 10.1. The Morgan fingerprint density at radius 2 is 1.48 bits per heavy atom. The van der Waals surface area contributed by atoms with Crippen LogP contribution in [0, 0.1) is 6.92 Å². The molecule has 3 N–H and O–H groups in total. The lowest BCUT2D eigenvalue weighted by Crippen LogP contribution is -2.38. The van der Waals surface area contributed by atoms with Crippen molar-refractivity contribution in [3.05, 3.63) is 65.2 Å². The van der Waals surface area contributed by atoms with E-state index in [4.69, 9.17) is 0 Å². The molecule has 2 rings (SSSR count). The maximum atomic E-state index is 12.2. The van der Waals surface area contributed by atoms with E-state index in [-0.39, 0.29) is 24.0 Å². The predicted octanol–water partition coefficient (Wildman–Crippen LogP) is 4.07. The van der Waals surface area contributed by atoms with E-state index in [2.05, 4.69) is 16.0 Å². The molecular formula is C20H25N3O2. The molecule has 5 nitrogen and oxygen atoms in total. The summed E-state index contributed by atoms with van der Waals surface area (Å²) in [5.41, 5.74) is 3.88. The van der Waals surface area contributed by atoms with E-state index < -0.39 is 0 Å².